The van der Waals surface area contributed by atoms with Crippen molar-refractivity contribution in [3.05, 3.63) is 23.9 Å². The van der Waals surface area contributed by atoms with Crippen LogP contribution in [0.25, 0.3) is 0 Å². The summed E-state index contributed by atoms with van der Waals surface area (Å²) in [5.41, 5.74) is 6.88. The van der Waals surface area contributed by atoms with Crippen LogP contribution in [0.2, 0.25) is 0 Å². The zero-order valence-electron chi connectivity index (χ0n) is 6.46. The Morgan fingerprint density at radius 2 is 2.36 bits per heavy atom. The maximum absolute atomic E-state index is 5.54. The van der Waals surface area contributed by atoms with Crippen molar-refractivity contribution in [1.29, 1.82) is 0 Å². The Hall–Kier alpha value is -1.05. The number of hydrogen-bond acceptors (Lipinski definition) is 2. The number of anilines is 1. The maximum atomic E-state index is 5.54. The van der Waals surface area contributed by atoms with Gasteiger partial charge in [-0.25, -0.2) is 4.98 Å². The minimum absolute atomic E-state index is 0.642. The highest BCUT2D eigenvalue weighted by molar-refractivity contribution is 5.32. The van der Waals surface area contributed by atoms with E-state index in [-0.39, 0.29) is 0 Å². The normalized spacial score (nSPS) is 16.7. The highest BCUT2D eigenvalue weighted by Crippen LogP contribution is 2.32. The van der Waals surface area contributed by atoms with Crippen molar-refractivity contribution in [2.45, 2.75) is 19.3 Å². The third-order valence-electron chi connectivity index (χ3n) is 2.07. The average Bonchev–Trinajstić information content (AvgIpc) is 2.71. The molecule has 0 unspecified atom stereocenters. The molecular weight excluding hydrogens is 136 g/mol. The number of nitrogens with two attached hydrogens (primary N) is 1. The molecule has 58 valence electrons. The van der Waals surface area contributed by atoms with Gasteiger partial charge in [0.05, 0.1) is 0 Å². The molecule has 0 bridgehead atoms. The van der Waals surface area contributed by atoms with Crippen molar-refractivity contribution in [2.24, 2.45) is 5.92 Å². The van der Waals surface area contributed by atoms with E-state index in [0.717, 1.165) is 5.92 Å². The molecule has 1 saturated carbocycles. The molecule has 1 aliphatic rings. The number of nitrogen functional groups attached to an aromatic ring is 1. The van der Waals surface area contributed by atoms with Crippen molar-refractivity contribution >= 4 is 5.82 Å². The summed E-state index contributed by atoms with van der Waals surface area (Å²) in [7, 11) is 0. The largest absolute Gasteiger partial charge is 0.384 e. The average molecular weight is 148 g/mol. The minimum atomic E-state index is 0.642. The van der Waals surface area contributed by atoms with Gasteiger partial charge < -0.3 is 5.73 Å². The first-order valence-corrected chi connectivity index (χ1v) is 4.05. The van der Waals surface area contributed by atoms with E-state index in [2.05, 4.69) is 11.1 Å². The second-order valence-electron chi connectivity index (χ2n) is 3.24. The summed E-state index contributed by atoms with van der Waals surface area (Å²) in [5, 5.41) is 0. The van der Waals surface area contributed by atoms with Crippen LogP contribution in [-0.4, -0.2) is 4.98 Å². The Kier molecular flexibility index (Phi) is 1.53. The fourth-order valence-electron chi connectivity index (χ4n) is 1.28. The Bertz CT molecular complexity index is 253. The number of rotatable bonds is 2. The minimum Gasteiger partial charge on any atom is -0.384 e. The Morgan fingerprint density at radius 1 is 1.55 bits per heavy atom. The van der Waals surface area contributed by atoms with Crippen LogP contribution in [0.3, 0.4) is 0 Å². The van der Waals surface area contributed by atoms with E-state index in [4.69, 9.17) is 5.73 Å². The third-order valence-corrected chi connectivity index (χ3v) is 2.07. The number of aromatic nitrogens is 1. The van der Waals surface area contributed by atoms with Gasteiger partial charge in [0.15, 0.2) is 0 Å². The Balaban J connectivity index is 2.10. The summed E-state index contributed by atoms with van der Waals surface area (Å²) in [6.07, 6.45) is 5.75. The first-order valence-electron chi connectivity index (χ1n) is 4.05. The predicted octanol–water partition coefficient (Wildman–Crippen LogP) is 1.62. The molecule has 1 aliphatic carbocycles. The predicted molar refractivity (Wildman–Crippen MR) is 45.1 cm³/mol. The molecule has 2 rings (SSSR count). The highest BCUT2D eigenvalue weighted by Gasteiger charge is 2.21. The lowest BCUT2D eigenvalue weighted by Gasteiger charge is -1.98. The molecule has 11 heavy (non-hydrogen) atoms. The van der Waals surface area contributed by atoms with Gasteiger partial charge in [0.1, 0.15) is 5.82 Å². The fourth-order valence-corrected chi connectivity index (χ4v) is 1.28. The van der Waals surface area contributed by atoms with E-state index in [9.17, 15) is 0 Å². The van der Waals surface area contributed by atoms with Gasteiger partial charge in [-0.1, -0.05) is 0 Å². The molecule has 0 amide bonds. The molecule has 0 aromatic carbocycles. The molecule has 1 heterocycles. The van der Waals surface area contributed by atoms with Gasteiger partial charge in [-0.3, -0.25) is 0 Å². The molecule has 2 N–H and O–H groups in total. The lowest BCUT2D eigenvalue weighted by molar-refractivity contribution is 0.831. The first-order chi connectivity index (χ1) is 5.34. The lowest BCUT2D eigenvalue weighted by atomic mass is 10.1. The quantitative estimate of drug-likeness (QED) is 0.692. The first kappa shape index (κ1) is 6.65. The second kappa shape index (κ2) is 2.53. The van der Waals surface area contributed by atoms with Gasteiger partial charge in [-0.2, -0.15) is 0 Å². The second-order valence-corrected chi connectivity index (χ2v) is 3.24. The molecule has 2 nitrogen and oxygen atoms in total. The third kappa shape index (κ3) is 1.70. The van der Waals surface area contributed by atoms with E-state index in [1.165, 1.54) is 24.8 Å². The smallest absolute Gasteiger partial charge is 0.123 e. The molecular formula is C9H12N2. The SMILES string of the molecule is Nc1cc(CC2CC2)ccn1. The molecule has 1 aromatic heterocycles. The molecule has 1 fully saturated rings. The van der Waals surface area contributed by atoms with Gasteiger partial charge in [0.25, 0.3) is 0 Å². The Morgan fingerprint density at radius 3 is 3.00 bits per heavy atom. The van der Waals surface area contributed by atoms with Crippen molar-refractivity contribution in [1.82, 2.24) is 4.98 Å². The van der Waals surface area contributed by atoms with Crippen LogP contribution in [0.1, 0.15) is 18.4 Å². The van der Waals surface area contributed by atoms with E-state index in [1.807, 2.05) is 6.07 Å². The summed E-state index contributed by atoms with van der Waals surface area (Å²) in [6.45, 7) is 0. The van der Waals surface area contributed by atoms with Gasteiger partial charge in [0, 0.05) is 6.20 Å². The standard InChI is InChI=1S/C9H12N2/c10-9-6-8(3-4-11-9)5-7-1-2-7/h3-4,6-7H,1-2,5H2,(H2,10,11). The summed E-state index contributed by atoms with van der Waals surface area (Å²) in [5.74, 6) is 1.57. The molecule has 0 saturated heterocycles. The highest BCUT2D eigenvalue weighted by atomic mass is 14.8. The summed E-state index contributed by atoms with van der Waals surface area (Å²) >= 11 is 0. The monoisotopic (exact) mass is 148 g/mol. The summed E-state index contributed by atoms with van der Waals surface area (Å²) in [6, 6.07) is 4.02. The topological polar surface area (TPSA) is 38.9 Å². The Labute approximate surface area is 66.4 Å². The lowest BCUT2D eigenvalue weighted by Crippen LogP contribution is -1.92. The summed E-state index contributed by atoms with van der Waals surface area (Å²) in [4.78, 5) is 3.95. The number of pyridine rings is 1. The van der Waals surface area contributed by atoms with E-state index in [1.54, 1.807) is 6.20 Å². The van der Waals surface area contributed by atoms with Crippen molar-refractivity contribution in [3.63, 3.8) is 0 Å². The van der Waals surface area contributed by atoms with Crippen LogP contribution >= 0.6 is 0 Å². The van der Waals surface area contributed by atoms with Crippen molar-refractivity contribution in [3.8, 4) is 0 Å². The van der Waals surface area contributed by atoms with E-state index < -0.39 is 0 Å². The molecule has 0 aliphatic heterocycles. The molecule has 1 aromatic rings. The van der Waals surface area contributed by atoms with Gasteiger partial charge in [-0.15, -0.1) is 0 Å². The number of hydrogen-bond donors (Lipinski definition) is 1. The van der Waals surface area contributed by atoms with Crippen LogP contribution in [0.15, 0.2) is 18.3 Å². The molecule has 0 radical (unpaired) electrons. The van der Waals surface area contributed by atoms with Gasteiger partial charge >= 0.3 is 0 Å². The number of nitrogens with zero attached hydrogens (tertiary/aromatic N) is 1. The van der Waals surface area contributed by atoms with Crippen LogP contribution in [0.4, 0.5) is 5.82 Å². The molecule has 0 spiro atoms. The van der Waals surface area contributed by atoms with Crippen LogP contribution in [-0.2, 0) is 6.42 Å². The van der Waals surface area contributed by atoms with Gasteiger partial charge in [-0.05, 0) is 42.9 Å². The van der Waals surface area contributed by atoms with Gasteiger partial charge in [0.2, 0.25) is 0 Å². The molecule has 2 heteroatoms. The van der Waals surface area contributed by atoms with Crippen molar-refractivity contribution in [2.75, 3.05) is 5.73 Å². The zero-order chi connectivity index (χ0) is 7.68. The maximum Gasteiger partial charge on any atom is 0.123 e. The molecule has 0 atom stereocenters. The van der Waals surface area contributed by atoms with Crippen LogP contribution < -0.4 is 5.73 Å². The van der Waals surface area contributed by atoms with Crippen LogP contribution in [0, 0.1) is 5.92 Å². The van der Waals surface area contributed by atoms with E-state index >= 15 is 0 Å². The fraction of sp³-hybridized carbons (Fsp3) is 0.444. The summed E-state index contributed by atoms with van der Waals surface area (Å²) < 4.78 is 0. The van der Waals surface area contributed by atoms with Crippen molar-refractivity contribution < 1.29 is 0 Å². The van der Waals surface area contributed by atoms with Crippen LogP contribution in [0.5, 0.6) is 0 Å². The van der Waals surface area contributed by atoms with E-state index in [0.29, 0.717) is 5.82 Å². The zero-order valence-corrected chi connectivity index (χ0v) is 6.46.